The summed E-state index contributed by atoms with van der Waals surface area (Å²) in [6.07, 6.45) is 2.42. The number of aliphatic hydroxyl groups excluding tert-OH is 1. The van der Waals surface area contributed by atoms with Gasteiger partial charge in [0.2, 0.25) is 0 Å². The van der Waals surface area contributed by atoms with E-state index < -0.39 is 0 Å². The Morgan fingerprint density at radius 1 is 0.385 bits per heavy atom. The van der Waals surface area contributed by atoms with E-state index in [9.17, 15) is 4.79 Å². The van der Waals surface area contributed by atoms with Gasteiger partial charge >= 0.3 is 66.5 Å². The molecular formula is C91H113Cl4CoFe2N9O2. The number of rotatable bonds is 13. The molecule has 11 nitrogen and oxygen atoms in total. The van der Waals surface area contributed by atoms with Crippen LogP contribution in [0.25, 0.3) is 0 Å². The molecule has 0 saturated heterocycles. The fourth-order valence-corrected chi connectivity index (χ4v) is 12.0. The first-order valence-corrected chi connectivity index (χ1v) is 41.9. The van der Waals surface area contributed by atoms with Gasteiger partial charge in [-0.3, -0.25) is 34.7 Å². The molecule has 1 N–H and O–H groups in total. The molecule has 3 heterocycles. The van der Waals surface area contributed by atoms with E-state index >= 15 is 0 Å². The van der Waals surface area contributed by atoms with Crippen molar-refractivity contribution in [3.63, 3.8) is 0 Å². The smallest absolute Gasteiger partial charge is 0 e. The number of allylic oxidation sites excluding steroid dienone is 2. The Morgan fingerprint density at radius 2 is 0.569 bits per heavy atom. The van der Waals surface area contributed by atoms with E-state index in [4.69, 9.17) is 90.5 Å². The fourth-order valence-electron chi connectivity index (χ4n) is 12.0. The molecule has 6 aromatic carbocycles. The summed E-state index contributed by atoms with van der Waals surface area (Å²) in [6, 6.07) is 52.2. The number of aryl methyl sites for hydroxylation is 12. The second-order valence-corrected chi connectivity index (χ2v) is 32.7. The Bertz CT molecular complexity index is 4200. The third-order valence-electron chi connectivity index (χ3n) is 16.5. The number of halogens is 4. The molecule has 0 bridgehead atoms. The molecule has 109 heavy (non-hydrogen) atoms. The first-order chi connectivity index (χ1) is 50.6. The van der Waals surface area contributed by atoms with Crippen LogP contribution in [0.1, 0.15) is 229 Å². The molecule has 0 aliphatic carbocycles. The van der Waals surface area contributed by atoms with Gasteiger partial charge in [-0.2, -0.15) is 0 Å². The third-order valence-corrected chi connectivity index (χ3v) is 16.5. The maximum atomic E-state index is 10.0. The molecule has 9 rings (SSSR count). The predicted octanol–water partition coefficient (Wildman–Crippen LogP) is 27.6. The van der Waals surface area contributed by atoms with Crippen LogP contribution in [0.5, 0.6) is 0 Å². The van der Waals surface area contributed by atoms with Crippen molar-refractivity contribution in [2.75, 3.05) is 0 Å². The van der Waals surface area contributed by atoms with Gasteiger partial charge in [-0.05, 0) is 253 Å². The van der Waals surface area contributed by atoms with E-state index in [2.05, 4.69) is 223 Å². The van der Waals surface area contributed by atoms with Crippen molar-refractivity contribution in [3.8, 4) is 0 Å². The zero-order chi connectivity index (χ0) is 81.5. The molecule has 0 radical (unpaired) electrons. The minimum atomic E-state index is -0.125. The van der Waals surface area contributed by atoms with Gasteiger partial charge in [0.1, 0.15) is 0 Å². The molecule has 0 spiro atoms. The van der Waals surface area contributed by atoms with Gasteiger partial charge in [0, 0.05) is 23.1 Å². The number of para-hydroxylation sites is 2. The van der Waals surface area contributed by atoms with Crippen molar-refractivity contribution in [1.82, 2.24) is 15.0 Å². The summed E-state index contributed by atoms with van der Waals surface area (Å²) in [5.41, 5.74) is 33.8. The SMILES string of the molecule is CC(=Nc1c(C)cc(C)cc1C)c1cccc(C(C)=Nc2c(C)cc(C)cc2C)n1.CC(=Nc1c(C)cc(C)cc1C)c1cccc(C(C)=Nc2c(C)cc(C)cc2C)n1.CC(=Nc1ccccc1C(C)(C)C)c1cccc(C(C)=Nc2ccccc2C(C)(C)C)n1.CC(=O)C=C(C)O.CCC.[Cl][Co][Cl].[Cl][Fe][Cl].[Fe]. The van der Waals surface area contributed by atoms with Crippen molar-refractivity contribution in [2.24, 2.45) is 30.0 Å². The minimum absolute atomic E-state index is 0. The number of carbonyl (C=O) groups excluding carboxylic acids is 1. The summed E-state index contributed by atoms with van der Waals surface area (Å²) in [5, 5.41) is 8.36. The van der Waals surface area contributed by atoms with E-state index in [1.807, 2.05) is 108 Å². The van der Waals surface area contributed by atoms with Crippen LogP contribution in [-0.2, 0) is 58.7 Å². The third kappa shape index (κ3) is 32.9. The Hall–Kier alpha value is -7.29. The number of aliphatic hydroxyl groups is 1. The molecule has 587 valence electrons. The number of aromatic nitrogens is 3. The maximum Gasteiger partial charge on any atom is 0 e. The molecule has 18 heteroatoms. The van der Waals surface area contributed by atoms with Crippen LogP contribution < -0.4 is 0 Å². The van der Waals surface area contributed by atoms with Gasteiger partial charge in [-0.1, -0.05) is 187 Å². The number of hydrogen-bond acceptors (Lipinski definition) is 11. The zero-order valence-corrected chi connectivity index (χ0v) is 75.4. The molecule has 0 saturated carbocycles. The van der Waals surface area contributed by atoms with Gasteiger partial charge in [0.15, 0.2) is 5.78 Å². The van der Waals surface area contributed by atoms with E-state index in [0.29, 0.717) is 12.9 Å². The Labute approximate surface area is 693 Å². The fraction of sp³-hybridized carbons (Fsp3) is 0.341. The van der Waals surface area contributed by atoms with E-state index in [-0.39, 0.29) is 52.6 Å². The number of aliphatic imine (C=N–C) groups is 6. The zero-order valence-electron chi connectivity index (χ0n) is 69.2. The first-order valence-electron chi connectivity index (χ1n) is 36.0. The van der Waals surface area contributed by atoms with Crippen LogP contribution >= 0.6 is 40.5 Å². The van der Waals surface area contributed by atoms with E-state index in [1.165, 1.54) is 104 Å². The molecule has 3 aromatic heterocycles. The molecule has 0 aliphatic heterocycles. The van der Waals surface area contributed by atoms with Crippen LogP contribution in [0.15, 0.2) is 193 Å². The van der Waals surface area contributed by atoms with Gasteiger partial charge in [-0.25, -0.2) is 15.0 Å². The average Bonchev–Trinajstić information content (AvgIpc) is 0.827. The summed E-state index contributed by atoms with van der Waals surface area (Å²) in [5.74, 6) is -0.0625. The van der Waals surface area contributed by atoms with Gasteiger partial charge < -0.3 is 5.11 Å². The number of nitrogens with zero attached hydrogens (tertiary/aromatic N) is 9. The second-order valence-electron chi connectivity index (χ2n) is 29.1. The molecule has 9 aromatic rings. The van der Waals surface area contributed by atoms with Crippen LogP contribution in [0.3, 0.4) is 0 Å². The van der Waals surface area contributed by atoms with Crippen molar-refractivity contribution in [2.45, 2.75) is 211 Å². The van der Waals surface area contributed by atoms with E-state index in [1.54, 1.807) is 0 Å². The summed E-state index contributed by atoms with van der Waals surface area (Å²) >= 11 is 0.576. The molecule has 0 aliphatic rings. The van der Waals surface area contributed by atoms with Crippen LogP contribution in [0.4, 0.5) is 34.1 Å². The molecular weight excluding hydrogens is 1560 g/mol. The topological polar surface area (TPSA) is 150 Å². The normalized spacial score (nSPS) is 12.1. The molecule has 0 amide bonds. The monoisotopic (exact) mass is 1670 g/mol. The Kier molecular flexibility index (Phi) is 42.9. The molecule has 0 unspecified atom stereocenters. The largest absolute Gasteiger partial charge is 0 e. The maximum absolute atomic E-state index is 10.0. The van der Waals surface area contributed by atoms with Crippen molar-refractivity contribution in [1.29, 1.82) is 0 Å². The number of pyridine rings is 3. The van der Waals surface area contributed by atoms with Gasteiger partial charge in [-0.15, -0.1) is 0 Å². The summed E-state index contributed by atoms with van der Waals surface area (Å²) in [4.78, 5) is 54.1. The van der Waals surface area contributed by atoms with Gasteiger partial charge in [0.25, 0.3) is 0 Å². The number of ketones is 1. The molecule has 0 atom stereocenters. The Balaban J connectivity index is 0.000000501. The van der Waals surface area contributed by atoms with Gasteiger partial charge in [0.05, 0.1) is 108 Å². The van der Waals surface area contributed by atoms with Crippen molar-refractivity contribution < 1.29 is 53.0 Å². The van der Waals surface area contributed by atoms with Crippen LogP contribution in [0, 0.1) is 83.1 Å². The van der Waals surface area contributed by atoms with Crippen LogP contribution in [0.2, 0.25) is 0 Å². The quantitative estimate of drug-likeness (QED) is 0.0528. The molecule has 0 fully saturated rings. The standard InChI is InChI=1S/C29H35N3.2C27H31N3.C5H8O2.C3H8.4ClH.Co.2Fe/c1-20(30-26-16-11-9-14-22(26)28(3,4)5)24-18-13-19-25(32-24)21(2)31-27-17-12-10-15-23(27)29(6,7)8;2*1-16-12-18(3)26(19(4)13-16)28-22(7)24-10-9-11-25(30-24)23(8)29-27-20(5)14-17(2)15-21(27)6;1-4(6)3-5(2)7;1-3-2;;;;;;;/h9-19H,1-8H3;2*9-15H,1-8H3;3,6H,1-2H3;3H2,1-2H3;4*1H;;;/q;;;;;;;;;+2;;+2/p-4. The average molecular weight is 1680 g/mol. The second kappa shape index (κ2) is 47.8. The van der Waals surface area contributed by atoms with Crippen molar-refractivity contribution in [3.05, 3.63) is 276 Å². The van der Waals surface area contributed by atoms with Crippen LogP contribution in [-0.4, -0.2) is 60.1 Å². The number of carbonyl (C=O) groups is 1. The minimum Gasteiger partial charge on any atom is 0 e. The number of benzene rings is 6. The summed E-state index contributed by atoms with van der Waals surface area (Å²) in [6.45, 7) is 57.8. The Morgan fingerprint density at radius 3 is 0.734 bits per heavy atom. The summed E-state index contributed by atoms with van der Waals surface area (Å²) in [7, 11) is 19.0. The summed E-state index contributed by atoms with van der Waals surface area (Å²) < 4.78 is 0. The predicted molar refractivity (Wildman–Crippen MR) is 463 cm³/mol. The number of hydrogen-bond donors (Lipinski definition) is 1. The van der Waals surface area contributed by atoms with Crippen molar-refractivity contribution >= 4 is 115 Å². The van der Waals surface area contributed by atoms with E-state index in [0.717, 1.165) is 103 Å². The first kappa shape index (κ1) is 97.8.